The highest BCUT2D eigenvalue weighted by Crippen LogP contribution is 2.15. The summed E-state index contributed by atoms with van der Waals surface area (Å²) < 4.78 is 10.2. The number of aliphatic hydroxyl groups excluding tert-OH is 2. The number of hydrogen-bond donors (Lipinski definition) is 2. The Morgan fingerprint density at radius 1 is 0.604 bits per heavy atom. The Morgan fingerprint density at radius 2 is 1.12 bits per heavy atom. The van der Waals surface area contributed by atoms with Crippen LogP contribution in [-0.4, -0.2) is 47.6 Å². The fourth-order valence-electron chi connectivity index (χ4n) is 4.82. The van der Waals surface area contributed by atoms with E-state index in [0.717, 1.165) is 50.9 Å². The third-order valence-corrected chi connectivity index (χ3v) is 8.09. The Kier molecular flexibility index (Phi) is 33.6. The van der Waals surface area contributed by atoms with Crippen LogP contribution in [0.5, 0.6) is 0 Å². The lowest BCUT2D eigenvalue weighted by Crippen LogP contribution is -2.25. The highest BCUT2D eigenvalue weighted by molar-refractivity contribution is 5.70. The first-order valence-electron chi connectivity index (χ1n) is 19.0. The Labute approximate surface area is 294 Å². The molecule has 0 aromatic heterocycles. The zero-order chi connectivity index (χ0) is 35.3. The number of allylic oxidation sites excluding steroid dienone is 10. The van der Waals surface area contributed by atoms with Gasteiger partial charge in [0.15, 0.2) is 0 Å². The van der Waals surface area contributed by atoms with Gasteiger partial charge in [0.05, 0.1) is 6.10 Å². The van der Waals surface area contributed by atoms with E-state index >= 15 is 0 Å². The first-order chi connectivity index (χ1) is 23.4. The molecule has 2 N–H and O–H groups in total. The summed E-state index contributed by atoms with van der Waals surface area (Å²) in [5.41, 5.74) is 0. The van der Waals surface area contributed by atoms with E-state index in [-0.39, 0.29) is 31.6 Å². The molecule has 0 aliphatic carbocycles. The molecule has 0 bridgehead atoms. The Balaban J connectivity index is 3.65. The number of hydrogen-bond acceptors (Lipinski definition) is 6. The minimum absolute atomic E-state index is 0.151. The van der Waals surface area contributed by atoms with Crippen LogP contribution in [0.3, 0.4) is 0 Å². The van der Waals surface area contributed by atoms with E-state index < -0.39 is 12.2 Å². The minimum Gasteiger partial charge on any atom is -0.463 e. The van der Waals surface area contributed by atoms with Crippen LogP contribution in [0.1, 0.15) is 149 Å². The second kappa shape index (κ2) is 35.6. The van der Waals surface area contributed by atoms with Gasteiger partial charge in [0.2, 0.25) is 0 Å². The molecule has 0 saturated heterocycles. The lowest BCUT2D eigenvalue weighted by Gasteiger charge is -2.12. The van der Waals surface area contributed by atoms with E-state index in [1.807, 2.05) is 30.4 Å². The molecule has 0 amide bonds. The van der Waals surface area contributed by atoms with Crippen LogP contribution in [0.4, 0.5) is 0 Å². The fraction of sp³-hybridized carbons (Fsp3) is 0.667. The molecule has 0 spiro atoms. The van der Waals surface area contributed by atoms with Gasteiger partial charge in [-0.15, -0.1) is 0 Å². The van der Waals surface area contributed by atoms with Crippen molar-refractivity contribution in [1.82, 2.24) is 0 Å². The maximum atomic E-state index is 11.9. The van der Waals surface area contributed by atoms with Crippen molar-refractivity contribution < 1.29 is 29.3 Å². The van der Waals surface area contributed by atoms with Gasteiger partial charge in [-0.25, -0.2) is 0 Å². The topological polar surface area (TPSA) is 93.1 Å². The summed E-state index contributed by atoms with van der Waals surface area (Å²) in [6.45, 7) is 6.37. The average Bonchev–Trinajstić information content (AvgIpc) is 3.08. The lowest BCUT2D eigenvalue weighted by atomic mass is 9.99. The zero-order valence-electron chi connectivity index (χ0n) is 30.7. The molecule has 0 aromatic rings. The van der Waals surface area contributed by atoms with Crippen molar-refractivity contribution in [3.63, 3.8) is 0 Å². The van der Waals surface area contributed by atoms with Crippen molar-refractivity contribution in [1.29, 1.82) is 0 Å². The highest BCUT2D eigenvalue weighted by atomic mass is 16.6. The molecule has 0 heterocycles. The molecular formula is C42H70O6. The third kappa shape index (κ3) is 34.6. The van der Waals surface area contributed by atoms with Crippen molar-refractivity contribution in [2.75, 3.05) is 13.2 Å². The summed E-state index contributed by atoms with van der Waals surface area (Å²) in [7, 11) is 0. The van der Waals surface area contributed by atoms with Crippen LogP contribution in [0.2, 0.25) is 0 Å². The van der Waals surface area contributed by atoms with Crippen LogP contribution in [-0.2, 0) is 19.1 Å². The molecule has 0 fully saturated rings. The second-order valence-electron chi connectivity index (χ2n) is 12.8. The van der Waals surface area contributed by atoms with Gasteiger partial charge < -0.3 is 19.7 Å². The number of carbonyl (C=O) groups is 2. The van der Waals surface area contributed by atoms with Crippen LogP contribution in [0.25, 0.3) is 0 Å². The maximum Gasteiger partial charge on any atom is 0.306 e. The maximum absolute atomic E-state index is 11.9. The van der Waals surface area contributed by atoms with Gasteiger partial charge in [0.25, 0.3) is 0 Å². The zero-order valence-corrected chi connectivity index (χ0v) is 30.7. The molecule has 274 valence electrons. The van der Waals surface area contributed by atoms with E-state index in [1.54, 1.807) is 6.08 Å². The molecule has 3 atom stereocenters. The van der Waals surface area contributed by atoms with Crippen LogP contribution in [0, 0.1) is 5.92 Å². The highest BCUT2D eigenvalue weighted by Gasteiger charge is 2.11. The largest absolute Gasteiger partial charge is 0.463 e. The standard InChI is InChI=1S/C42H70O6/c1-4-6-26-32-39(43)33-28-23-19-15-10-8-7-9-11-16-20-24-29-34-41(45)47-36-40(44)37-48-42(46)35-30-25-21-17-13-12-14-18-22-27-31-38(3)5-2/h6,8-11,19-20,23-24,26,28,33,38-40,43-44H,4-5,7,12-18,21-22,25,27,29-32,34-37H2,1-3H3/b10-8-,11-9-,23-19+,24-20-,26-6-,33-28+/t38?,39?,40-/m1/s1. The Morgan fingerprint density at radius 3 is 1.71 bits per heavy atom. The van der Waals surface area contributed by atoms with Crippen LogP contribution in [0.15, 0.2) is 72.9 Å². The smallest absolute Gasteiger partial charge is 0.306 e. The summed E-state index contributed by atoms with van der Waals surface area (Å²) in [6, 6.07) is 0. The summed E-state index contributed by atoms with van der Waals surface area (Å²) in [5, 5.41) is 19.8. The normalized spacial score (nSPS) is 14.4. The van der Waals surface area contributed by atoms with E-state index in [2.05, 4.69) is 57.2 Å². The van der Waals surface area contributed by atoms with E-state index in [9.17, 15) is 19.8 Å². The van der Waals surface area contributed by atoms with Gasteiger partial charge in [-0.2, -0.15) is 0 Å². The monoisotopic (exact) mass is 671 g/mol. The van der Waals surface area contributed by atoms with Crippen molar-refractivity contribution >= 4 is 11.9 Å². The number of carbonyl (C=O) groups excluding carboxylic acids is 2. The molecular weight excluding hydrogens is 600 g/mol. The number of ether oxygens (including phenoxy) is 2. The van der Waals surface area contributed by atoms with E-state index in [4.69, 9.17) is 9.47 Å². The molecule has 2 unspecified atom stereocenters. The molecule has 0 aliphatic rings. The van der Waals surface area contributed by atoms with Gasteiger partial charge in [-0.05, 0) is 50.9 Å². The van der Waals surface area contributed by atoms with Crippen molar-refractivity contribution in [3.8, 4) is 0 Å². The summed E-state index contributed by atoms with van der Waals surface area (Å²) >= 11 is 0. The summed E-state index contributed by atoms with van der Waals surface area (Å²) in [4.78, 5) is 23.9. The van der Waals surface area contributed by atoms with E-state index in [1.165, 1.54) is 57.8 Å². The SMILES string of the molecule is CC/C=C\CC(O)/C=C/C=C/C/C=C\C/C=C\C/C=C\CCC(=O)OC[C@@H](O)COC(=O)CCCCCCCCCCCCC(C)CC. The van der Waals surface area contributed by atoms with Crippen LogP contribution < -0.4 is 0 Å². The number of esters is 2. The molecule has 0 aliphatic heterocycles. The fourth-order valence-corrected chi connectivity index (χ4v) is 4.82. The van der Waals surface area contributed by atoms with Gasteiger partial charge >= 0.3 is 11.9 Å². The van der Waals surface area contributed by atoms with Gasteiger partial charge in [0, 0.05) is 12.8 Å². The van der Waals surface area contributed by atoms with Crippen molar-refractivity contribution in [2.24, 2.45) is 5.92 Å². The summed E-state index contributed by atoms with van der Waals surface area (Å²) in [6.07, 6.45) is 42.9. The molecule has 6 heteroatoms. The number of rotatable bonds is 32. The third-order valence-electron chi connectivity index (χ3n) is 8.09. The average molecular weight is 671 g/mol. The predicted octanol–water partition coefficient (Wildman–Crippen LogP) is 10.6. The van der Waals surface area contributed by atoms with Gasteiger partial charge in [-0.1, -0.05) is 164 Å². The predicted molar refractivity (Wildman–Crippen MR) is 202 cm³/mol. The molecule has 0 saturated carbocycles. The Hall–Kier alpha value is -2.70. The second-order valence-corrected chi connectivity index (χ2v) is 12.8. The van der Waals surface area contributed by atoms with E-state index in [0.29, 0.717) is 19.3 Å². The number of aliphatic hydroxyl groups is 2. The first-order valence-corrected chi connectivity index (χ1v) is 19.0. The molecule has 6 nitrogen and oxygen atoms in total. The minimum atomic E-state index is -1.01. The van der Waals surface area contributed by atoms with Crippen molar-refractivity contribution in [2.45, 2.75) is 161 Å². The quantitative estimate of drug-likeness (QED) is 0.0320. The lowest BCUT2D eigenvalue weighted by molar-refractivity contribution is -0.152. The molecule has 0 radical (unpaired) electrons. The van der Waals surface area contributed by atoms with Gasteiger partial charge in [-0.3, -0.25) is 9.59 Å². The van der Waals surface area contributed by atoms with Crippen molar-refractivity contribution in [3.05, 3.63) is 72.9 Å². The molecule has 48 heavy (non-hydrogen) atoms. The Bertz CT molecular complexity index is 928. The summed E-state index contributed by atoms with van der Waals surface area (Å²) in [5.74, 6) is 0.184. The first kappa shape index (κ1) is 45.3. The van der Waals surface area contributed by atoms with Gasteiger partial charge in [0.1, 0.15) is 19.3 Å². The number of unbranched alkanes of at least 4 members (excludes halogenated alkanes) is 9. The van der Waals surface area contributed by atoms with Crippen LogP contribution >= 0.6 is 0 Å². The molecule has 0 aromatic carbocycles. The molecule has 0 rings (SSSR count).